The smallest absolute Gasteiger partial charge is 0.271 e. The summed E-state index contributed by atoms with van der Waals surface area (Å²) in [6.45, 7) is 1.81. The van der Waals surface area contributed by atoms with Gasteiger partial charge in [-0.15, -0.1) is 0 Å². The highest BCUT2D eigenvalue weighted by molar-refractivity contribution is 6.51. The van der Waals surface area contributed by atoms with Crippen LogP contribution in [0.25, 0.3) is 0 Å². The molecule has 120 valence electrons. The molecule has 0 radical (unpaired) electrons. The van der Waals surface area contributed by atoms with Gasteiger partial charge < -0.3 is 0 Å². The van der Waals surface area contributed by atoms with Crippen LogP contribution in [0.2, 0.25) is 0 Å². The molecule has 0 bridgehead atoms. The third-order valence-electron chi connectivity index (χ3n) is 3.31. The maximum atomic E-state index is 10.9. The van der Waals surface area contributed by atoms with Crippen molar-refractivity contribution in [3.63, 3.8) is 0 Å². The second-order valence-corrected chi connectivity index (χ2v) is 6.55. The van der Waals surface area contributed by atoms with Crippen LogP contribution in [0.4, 0.5) is 17.1 Å². The Morgan fingerprint density at radius 3 is 2.52 bits per heavy atom. The lowest BCUT2D eigenvalue weighted by atomic mass is 10.1. The van der Waals surface area contributed by atoms with E-state index in [0.29, 0.717) is 6.42 Å². The number of hydrogen-bond acceptors (Lipinski definition) is 6. The molecule has 1 aliphatic rings. The Hall–Kier alpha value is -2.37. The van der Waals surface area contributed by atoms with E-state index in [9.17, 15) is 20.2 Å². The first-order valence-electron chi connectivity index (χ1n) is 6.27. The van der Waals surface area contributed by atoms with E-state index in [1.165, 1.54) is 12.3 Å². The number of nitro groups is 2. The van der Waals surface area contributed by atoms with Gasteiger partial charge in [-0.05, 0) is 13.0 Å². The normalized spacial score (nSPS) is 21.3. The summed E-state index contributed by atoms with van der Waals surface area (Å²) >= 11 is 11.9. The lowest BCUT2D eigenvalue weighted by Gasteiger charge is -2.01. The Morgan fingerprint density at radius 2 is 2.00 bits per heavy atom. The van der Waals surface area contributed by atoms with E-state index < -0.39 is 25.3 Å². The van der Waals surface area contributed by atoms with Crippen molar-refractivity contribution in [1.82, 2.24) is 0 Å². The fourth-order valence-corrected chi connectivity index (χ4v) is 2.37. The molecule has 23 heavy (non-hydrogen) atoms. The SMILES string of the molecule is C[C@]1(C#C/C=N\Nc2ccc([N+](=O)[O-])cc2[N+](=O)[O-])CC1(Cl)Cl. The monoisotopic (exact) mass is 356 g/mol. The van der Waals surface area contributed by atoms with E-state index in [4.69, 9.17) is 23.2 Å². The van der Waals surface area contributed by atoms with Crippen molar-refractivity contribution in [3.05, 3.63) is 38.4 Å². The molecule has 2 rings (SSSR count). The average Bonchev–Trinajstić information content (AvgIpc) is 2.96. The number of non-ortho nitro benzene ring substituents is 1. The van der Waals surface area contributed by atoms with E-state index in [1.54, 1.807) is 0 Å². The molecule has 1 fully saturated rings. The van der Waals surface area contributed by atoms with Gasteiger partial charge in [0.2, 0.25) is 0 Å². The minimum Gasteiger partial charge on any atom is -0.271 e. The van der Waals surface area contributed by atoms with Gasteiger partial charge in [0.15, 0.2) is 0 Å². The van der Waals surface area contributed by atoms with Crippen LogP contribution in [0.3, 0.4) is 0 Å². The van der Waals surface area contributed by atoms with Crippen LogP contribution in [0.15, 0.2) is 23.3 Å². The Morgan fingerprint density at radius 1 is 1.35 bits per heavy atom. The van der Waals surface area contributed by atoms with E-state index in [-0.39, 0.29) is 11.4 Å². The zero-order chi connectivity index (χ0) is 17.3. The van der Waals surface area contributed by atoms with Crippen molar-refractivity contribution in [3.8, 4) is 11.8 Å². The van der Waals surface area contributed by atoms with E-state index in [2.05, 4.69) is 22.4 Å². The van der Waals surface area contributed by atoms with Crippen LogP contribution in [-0.2, 0) is 0 Å². The minimum absolute atomic E-state index is 0.0142. The molecule has 0 heterocycles. The van der Waals surface area contributed by atoms with E-state index in [0.717, 1.165) is 12.1 Å². The summed E-state index contributed by atoms with van der Waals surface area (Å²) in [5.74, 6) is 5.49. The highest BCUT2D eigenvalue weighted by Crippen LogP contribution is 2.63. The van der Waals surface area contributed by atoms with E-state index in [1.807, 2.05) is 6.92 Å². The third-order valence-corrected chi connectivity index (χ3v) is 4.41. The van der Waals surface area contributed by atoms with Gasteiger partial charge >= 0.3 is 5.69 Å². The van der Waals surface area contributed by atoms with Gasteiger partial charge in [-0.2, -0.15) is 5.10 Å². The predicted octanol–water partition coefficient (Wildman–Crippen LogP) is 3.49. The molecule has 0 aliphatic heterocycles. The Balaban J connectivity index is 2.09. The molecule has 0 saturated heterocycles. The van der Waals surface area contributed by atoms with Gasteiger partial charge in [-0.3, -0.25) is 25.7 Å². The Labute approximate surface area is 140 Å². The number of halogens is 2. The molecule has 0 unspecified atom stereocenters. The Kier molecular flexibility index (Phi) is 4.45. The van der Waals surface area contributed by atoms with Crippen LogP contribution in [0.5, 0.6) is 0 Å². The van der Waals surface area contributed by atoms with Crippen molar-refractivity contribution in [1.29, 1.82) is 0 Å². The number of hydrogen-bond donors (Lipinski definition) is 1. The molecule has 0 amide bonds. The summed E-state index contributed by atoms with van der Waals surface area (Å²) in [5, 5.41) is 25.3. The second kappa shape index (κ2) is 6.02. The number of benzene rings is 1. The first-order chi connectivity index (χ1) is 10.7. The maximum absolute atomic E-state index is 10.9. The van der Waals surface area contributed by atoms with Crippen molar-refractivity contribution >= 4 is 46.5 Å². The van der Waals surface area contributed by atoms with Crippen LogP contribution < -0.4 is 5.43 Å². The largest absolute Gasteiger partial charge is 0.301 e. The summed E-state index contributed by atoms with van der Waals surface area (Å²) in [6.07, 6.45) is 1.75. The van der Waals surface area contributed by atoms with Gasteiger partial charge in [0.1, 0.15) is 10.0 Å². The number of hydrazone groups is 1. The van der Waals surface area contributed by atoms with Crippen molar-refractivity contribution in [2.75, 3.05) is 5.43 Å². The molecule has 1 saturated carbocycles. The number of alkyl halides is 2. The molecule has 1 N–H and O–H groups in total. The summed E-state index contributed by atoms with van der Waals surface area (Å²) < 4.78 is -0.863. The average molecular weight is 357 g/mol. The highest BCUT2D eigenvalue weighted by atomic mass is 35.5. The van der Waals surface area contributed by atoms with Crippen LogP contribution in [0, 0.1) is 37.5 Å². The molecule has 1 aromatic carbocycles. The number of nitrogens with zero attached hydrogens (tertiary/aromatic N) is 3. The number of rotatable bonds is 4. The molecule has 10 heteroatoms. The Bertz CT molecular complexity index is 769. The first-order valence-corrected chi connectivity index (χ1v) is 7.03. The minimum atomic E-state index is -0.863. The van der Waals surface area contributed by atoms with Crippen molar-refractivity contribution in [2.45, 2.75) is 17.7 Å². The topological polar surface area (TPSA) is 111 Å². The first kappa shape index (κ1) is 17.0. The second-order valence-electron chi connectivity index (χ2n) is 5.07. The molecular weight excluding hydrogens is 347 g/mol. The summed E-state index contributed by atoms with van der Waals surface area (Å²) in [5.41, 5.74) is 1.10. The molecule has 1 aliphatic carbocycles. The van der Waals surface area contributed by atoms with Gasteiger partial charge in [0, 0.05) is 12.5 Å². The molecule has 8 nitrogen and oxygen atoms in total. The number of nitrogens with one attached hydrogen (secondary N) is 1. The molecular formula is C13H10Cl2N4O4. The number of nitro benzene ring substituents is 2. The molecule has 0 spiro atoms. The zero-order valence-electron chi connectivity index (χ0n) is 11.7. The highest BCUT2D eigenvalue weighted by Gasteiger charge is 2.62. The van der Waals surface area contributed by atoms with Crippen LogP contribution in [0.1, 0.15) is 13.3 Å². The van der Waals surface area contributed by atoms with Crippen LogP contribution in [-0.4, -0.2) is 20.4 Å². The summed E-state index contributed by atoms with van der Waals surface area (Å²) in [4.78, 5) is 20.1. The predicted molar refractivity (Wildman–Crippen MR) is 86.8 cm³/mol. The maximum Gasteiger partial charge on any atom is 0.301 e. The molecule has 0 aromatic heterocycles. The van der Waals surface area contributed by atoms with E-state index >= 15 is 0 Å². The lowest BCUT2D eigenvalue weighted by Crippen LogP contribution is -2.00. The molecule has 1 aromatic rings. The summed E-state index contributed by atoms with van der Waals surface area (Å²) in [6, 6.07) is 3.19. The zero-order valence-corrected chi connectivity index (χ0v) is 13.3. The molecule has 1 atom stereocenters. The van der Waals surface area contributed by atoms with Gasteiger partial charge in [0.05, 0.1) is 27.5 Å². The fourth-order valence-electron chi connectivity index (χ4n) is 1.74. The van der Waals surface area contributed by atoms with Gasteiger partial charge in [0.25, 0.3) is 5.69 Å². The van der Waals surface area contributed by atoms with Crippen molar-refractivity contribution < 1.29 is 9.85 Å². The summed E-state index contributed by atoms with van der Waals surface area (Å²) in [7, 11) is 0. The van der Waals surface area contributed by atoms with Gasteiger partial charge in [-0.1, -0.05) is 35.0 Å². The third kappa shape index (κ3) is 3.70. The quantitative estimate of drug-likeness (QED) is 0.292. The fraction of sp³-hybridized carbons (Fsp3) is 0.308. The van der Waals surface area contributed by atoms with Crippen molar-refractivity contribution in [2.24, 2.45) is 10.5 Å². The van der Waals surface area contributed by atoms with Gasteiger partial charge in [-0.25, -0.2) is 0 Å². The lowest BCUT2D eigenvalue weighted by molar-refractivity contribution is -0.393. The number of anilines is 1. The van der Waals surface area contributed by atoms with Crippen LogP contribution >= 0.6 is 23.2 Å². The standard InChI is InChI=1S/C13H10Cl2N4O4/c1-12(8-13(12,14)15)5-2-6-16-17-10-4-3-9(18(20)21)7-11(10)19(22)23/h3-4,6-7,17H,8H2,1H3/b16-6-/t12-/m0/s1.